The molecule has 0 atom stereocenters. The first-order valence-electron chi connectivity index (χ1n) is 7.66. The second-order valence-corrected chi connectivity index (χ2v) is 5.56. The van der Waals surface area contributed by atoms with Gasteiger partial charge in [0.2, 0.25) is 5.91 Å². The molecular weight excluding hydrogens is 322 g/mol. The first kappa shape index (κ1) is 17.6. The number of hydrazine groups is 1. The molecule has 5 nitrogen and oxygen atoms in total. The first-order chi connectivity index (χ1) is 11.6. The number of hydrogen-bond donors (Lipinski definition) is 3. The van der Waals surface area contributed by atoms with Crippen molar-refractivity contribution in [1.82, 2.24) is 16.2 Å². The quantitative estimate of drug-likeness (QED) is 0.591. The maximum absolute atomic E-state index is 12.1. The van der Waals surface area contributed by atoms with E-state index in [1.54, 1.807) is 12.1 Å². The number of benzene rings is 2. The number of carbonyl (C=O) groups excluding carboxylic acids is 2. The third-order valence-electron chi connectivity index (χ3n) is 3.27. The molecule has 0 saturated heterocycles. The SMILES string of the molecule is CCCC(=O)NC(=S)NNC(=O)c1ccc(-c2ccccc2)cc1. The van der Waals surface area contributed by atoms with Gasteiger partial charge in [-0.15, -0.1) is 0 Å². The molecule has 2 aromatic carbocycles. The lowest BCUT2D eigenvalue weighted by molar-refractivity contribution is -0.119. The molecule has 24 heavy (non-hydrogen) atoms. The molecule has 0 spiro atoms. The monoisotopic (exact) mass is 341 g/mol. The highest BCUT2D eigenvalue weighted by Crippen LogP contribution is 2.19. The Morgan fingerprint density at radius 1 is 0.917 bits per heavy atom. The van der Waals surface area contributed by atoms with Crippen molar-refractivity contribution in [3.8, 4) is 11.1 Å². The zero-order chi connectivity index (χ0) is 17.4. The van der Waals surface area contributed by atoms with Gasteiger partial charge in [0.25, 0.3) is 5.91 Å². The van der Waals surface area contributed by atoms with Gasteiger partial charge in [-0.2, -0.15) is 0 Å². The van der Waals surface area contributed by atoms with Gasteiger partial charge in [-0.1, -0.05) is 49.4 Å². The summed E-state index contributed by atoms with van der Waals surface area (Å²) in [6.07, 6.45) is 1.12. The number of carbonyl (C=O) groups is 2. The Kier molecular flexibility index (Phi) is 6.45. The maximum atomic E-state index is 12.1. The molecule has 124 valence electrons. The fraction of sp³-hybridized carbons (Fsp3) is 0.167. The fourth-order valence-electron chi connectivity index (χ4n) is 2.08. The molecular formula is C18H19N3O2S. The normalized spacial score (nSPS) is 9.88. The maximum Gasteiger partial charge on any atom is 0.269 e. The van der Waals surface area contributed by atoms with Crippen molar-refractivity contribution < 1.29 is 9.59 Å². The summed E-state index contributed by atoms with van der Waals surface area (Å²) in [4.78, 5) is 23.5. The predicted molar refractivity (Wildman–Crippen MR) is 98.1 cm³/mol. The van der Waals surface area contributed by atoms with E-state index in [2.05, 4.69) is 16.2 Å². The Hall–Kier alpha value is -2.73. The van der Waals surface area contributed by atoms with Crippen LogP contribution in [0.5, 0.6) is 0 Å². The van der Waals surface area contributed by atoms with Crippen molar-refractivity contribution in [3.05, 3.63) is 60.2 Å². The van der Waals surface area contributed by atoms with Crippen LogP contribution >= 0.6 is 12.2 Å². The third-order valence-corrected chi connectivity index (χ3v) is 3.48. The molecule has 0 aromatic heterocycles. The summed E-state index contributed by atoms with van der Waals surface area (Å²) in [6, 6.07) is 17.1. The largest absolute Gasteiger partial charge is 0.302 e. The van der Waals surface area contributed by atoms with Crippen LogP contribution in [0.4, 0.5) is 0 Å². The van der Waals surface area contributed by atoms with E-state index in [1.165, 1.54) is 0 Å². The second kappa shape index (κ2) is 8.79. The lowest BCUT2D eigenvalue weighted by atomic mass is 10.0. The smallest absolute Gasteiger partial charge is 0.269 e. The van der Waals surface area contributed by atoms with Gasteiger partial charge in [0, 0.05) is 12.0 Å². The van der Waals surface area contributed by atoms with E-state index < -0.39 is 0 Å². The van der Waals surface area contributed by atoms with Gasteiger partial charge < -0.3 is 5.32 Å². The average Bonchev–Trinajstić information content (AvgIpc) is 2.61. The highest BCUT2D eigenvalue weighted by atomic mass is 32.1. The zero-order valence-electron chi connectivity index (χ0n) is 13.3. The molecule has 3 N–H and O–H groups in total. The van der Waals surface area contributed by atoms with Gasteiger partial charge in [0.1, 0.15) is 0 Å². The van der Waals surface area contributed by atoms with Crippen LogP contribution in [0.3, 0.4) is 0 Å². The van der Waals surface area contributed by atoms with Crippen molar-refractivity contribution in [1.29, 1.82) is 0 Å². The summed E-state index contributed by atoms with van der Waals surface area (Å²) in [6.45, 7) is 1.90. The molecule has 0 fully saturated rings. The Morgan fingerprint density at radius 3 is 2.17 bits per heavy atom. The standard InChI is InChI=1S/C18H19N3O2S/c1-2-6-16(22)19-18(24)21-20-17(23)15-11-9-14(10-12-15)13-7-4-3-5-8-13/h3-5,7-12H,2,6H2,1H3,(H,20,23)(H2,19,21,22,24). The molecule has 6 heteroatoms. The van der Waals surface area contributed by atoms with Gasteiger partial charge >= 0.3 is 0 Å². The first-order valence-corrected chi connectivity index (χ1v) is 8.06. The van der Waals surface area contributed by atoms with E-state index >= 15 is 0 Å². The minimum Gasteiger partial charge on any atom is -0.302 e. The van der Waals surface area contributed by atoms with E-state index in [4.69, 9.17) is 12.2 Å². The second-order valence-electron chi connectivity index (χ2n) is 5.15. The molecule has 2 amide bonds. The molecule has 0 saturated carbocycles. The minimum absolute atomic E-state index is 0.0719. The van der Waals surface area contributed by atoms with Crippen LogP contribution in [-0.2, 0) is 4.79 Å². The molecule has 2 aromatic rings. The number of rotatable bonds is 4. The highest BCUT2D eigenvalue weighted by molar-refractivity contribution is 7.80. The fourth-order valence-corrected chi connectivity index (χ4v) is 2.24. The Labute approximate surface area is 146 Å². The number of hydrogen-bond acceptors (Lipinski definition) is 3. The summed E-state index contributed by atoms with van der Waals surface area (Å²) in [5.74, 6) is -0.516. The topological polar surface area (TPSA) is 70.2 Å². The molecule has 2 rings (SSSR count). The Balaban J connectivity index is 1.89. The lowest BCUT2D eigenvalue weighted by Gasteiger charge is -2.10. The van der Waals surface area contributed by atoms with Crippen LogP contribution in [-0.4, -0.2) is 16.9 Å². The van der Waals surface area contributed by atoms with Crippen LogP contribution in [0.15, 0.2) is 54.6 Å². The van der Waals surface area contributed by atoms with Gasteiger partial charge in [0.05, 0.1) is 0 Å². The van der Waals surface area contributed by atoms with E-state index in [-0.39, 0.29) is 16.9 Å². The van der Waals surface area contributed by atoms with Crippen molar-refractivity contribution in [2.24, 2.45) is 0 Å². The molecule has 0 aliphatic rings. The van der Waals surface area contributed by atoms with E-state index in [0.29, 0.717) is 12.0 Å². The third kappa shape index (κ3) is 5.17. The van der Waals surface area contributed by atoms with Crippen molar-refractivity contribution >= 4 is 29.1 Å². The average molecular weight is 341 g/mol. The summed E-state index contributed by atoms with van der Waals surface area (Å²) in [5.41, 5.74) is 7.58. The zero-order valence-corrected chi connectivity index (χ0v) is 14.2. The van der Waals surface area contributed by atoms with Gasteiger partial charge in [-0.05, 0) is 41.9 Å². The number of amides is 2. The van der Waals surface area contributed by atoms with Crippen LogP contribution in [0, 0.1) is 0 Å². The van der Waals surface area contributed by atoms with Crippen molar-refractivity contribution in [2.75, 3.05) is 0 Å². The lowest BCUT2D eigenvalue weighted by Crippen LogP contribution is -2.48. The van der Waals surface area contributed by atoms with E-state index in [9.17, 15) is 9.59 Å². The van der Waals surface area contributed by atoms with Crippen LogP contribution < -0.4 is 16.2 Å². The molecule has 0 radical (unpaired) electrons. The van der Waals surface area contributed by atoms with E-state index in [0.717, 1.165) is 17.5 Å². The van der Waals surface area contributed by atoms with Gasteiger partial charge in [0.15, 0.2) is 5.11 Å². The summed E-state index contributed by atoms with van der Waals surface area (Å²) < 4.78 is 0. The van der Waals surface area contributed by atoms with Crippen LogP contribution in [0.25, 0.3) is 11.1 Å². The van der Waals surface area contributed by atoms with Crippen LogP contribution in [0.2, 0.25) is 0 Å². The Bertz CT molecular complexity index is 715. The molecule has 0 aliphatic carbocycles. The summed E-state index contributed by atoms with van der Waals surface area (Å²) >= 11 is 4.94. The number of nitrogens with one attached hydrogen (secondary N) is 3. The van der Waals surface area contributed by atoms with Crippen molar-refractivity contribution in [3.63, 3.8) is 0 Å². The molecule has 0 aliphatic heterocycles. The van der Waals surface area contributed by atoms with Crippen molar-refractivity contribution in [2.45, 2.75) is 19.8 Å². The highest BCUT2D eigenvalue weighted by Gasteiger charge is 2.07. The van der Waals surface area contributed by atoms with Crippen LogP contribution in [0.1, 0.15) is 30.1 Å². The summed E-state index contributed by atoms with van der Waals surface area (Å²) in [5, 5.41) is 2.56. The molecule has 0 heterocycles. The van der Waals surface area contributed by atoms with Gasteiger partial charge in [-0.25, -0.2) is 0 Å². The minimum atomic E-state index is -0.332. The summed E-state index contributed by atoms with van der Waals surface area (Å²) in [7, 11) is 0. The predicted octanol–water partition coefficient (Wildman–Crippen LogP) is 2.79. The van der Waals surface area contributed by atoms with Gasteiger partial charge in [-0.3, -0.25) is 20.4 Å². The Morgan fingerprint density at radius 2 is 1.54 bits per heavy atom. The molecule has 0 bridgehead atoms. The molecule has 0 unspecified atom stereocenters. The van der Waals surface area contributed by atoms with E-state index in [1.807, 2.05) is 49.4 Å². The number of thiocarbonyl (C=S) groups is 1.